The van der Waals surface area contributed by atoms with Crippen LogP contribution in [0, 0.1) is 13.8 Å². The second-order valence-corrected chi connectivity index (χ2v) is 12.4. The first-order valence-corrected chi connectivity index (χ1v) is 16.4. The summed E-state index contributed by atoms with van der Waals surface area (Å²) in [6, 6.07) is 39.9. The van der Waals surface area contributed by atoms with Crippen LogP contribution in [0.1, 0.15) is 40.4 Å². The lowest BCUT2D eigenvalue weighted by molar-refractivity contribution is -0.116. The summed E-state index contributed by atoms with van der Waals surface area (Å²) in [5, 5.41) is 8.46. The summed E-state index contributed by atoms with van der Waals surface area (Å²) in [5.41, 5.74) is 6.92. The minimum absolute atomic E-state index is 0.0778. The van der Waals surface area contributed by atoms with Gasteiger partial charge in [0.25, 0.3) is 11.8 Å². The number of hydrogen-bond donors (Lipinski definition) is 3. The zero-order chi connectivity index (χ0) is 33.2. The number of thioether (sulfide) groups is 1. The van der Waals surface area contributed by atoms with Gasteiger partial charge in [-0.2, -0.15) is 0 Å². The van der Waals surface area contributed by atoms with E-state index >= 15 is 0 Å². The van der Waals surface area contributed by atoms with Crippen LogP contribution in [0.4, 0.5) is 11.4 Å². The third-order valence-corrected chi connectivity index (χ3v) is 8.89. The summed E-state index contributed by atoms with van der Waals surface area (Å²) in [4.78, 5) is 40.8. The number of benzene rings is 5. The van der Waals surface area contributed by atoms with Crippen molar-refractivity contribution in [2.45, 2.75) is 37.3 Å². The zero-order valence-electron chi connectivity index (χ0n) is 26.6. The monoisotopic (exact) mass is 639 g/mol. The highest BCUT2D eigenvalue weighted by molar-refractivity contribution is 8.00. The van der Waals surface area contributed by atoms with E-state index < -0.39 is 11.8 Å². The van der Waals surface area contributed by atoms with Gasteiger partial charge in [-0.3, -0.25) is 14.4 Å². The van der Waals surface area contributed by atoms with Crippen LogP contribution < -0.4 is 16.0 Å². The van der Waals surface area contributed by atoms with Gasteiger partial charge < -0.3 is 16.0 Å². The summed E-state index contributed by atoms with van der Waals surface area (Å²) in [6.45, 7) is 5.98. The van der Waals surface area contributed by atoms with Gasteiger partial charge in [-0.05, 0) is 85.0 Å². The lowest BCUT2D eigenvalue weighted by atomic mass is 10.0. The van der Waals surface area contributed by atoms with E-state index in [-0.39, 0.29) is 16.9 Å². The maximum atomic E-state index is 13.7. The number of nitrogens with one attached hydrogen (secondary N) is 3. The molecule has 0 aliphatic carbocycles. The molecule has 5 aromatic rings. The maximum absolute atomic E-state index is 13.7. The summed E-state index contributed by atoms with van der Waals surface area (Å²) >= 11 is 1.44. The first-order valence-electron chi connectivity index (χ1n) is 15.5. The lowest BCUT2D eigenvalue weighted by Gasteiger charge is -2.17. The average molecular weight is 640 g/mol. The van der Waals surface area contributed by atoms with Crippen molar-refractivity contribution in [1.29, 1.82) is 0 Å². The van der Waals surface area contributed by atoms with Gasteiger partial charge >= 0.3 is 0 Å². The van der Waals surface area contributed by atoms with Crippen LogP contribution in [0.5, 0.6) is 0 Å². The number of carbonyl (C=O) groups excluding carboxylic acids is 3. The Kier molecular flexibility index (Phi) is 11.0. The topological polar surface area (TPSA) is 87.3 Å². The maximum Gasteiger partial charge on any atom is 0.272 e. The van der Waals surface area contributed by atoms with Gasteiger partial charge in [0.1, 0.15) is 5.70 Å². The summed E-state index contributed by atoms with van der Waals surface area (Å²) in [7, 11) is 0. The minimum Gasteiger partial charge on any atom is -0.325 e. The number of amides is 3. The Morgan fingerprint density at radius 2 is 1.40 bits per heavy atom. The summed E-state index contributed by atoms with van der Waals surface area (Å²) in [6.07, 6.45) is 2.29. The number of hydrogen-bond acceptors (Lipinski definition) is 4. The van der Waals surface area contributed by atoms with Gasteiger partial charge in [0.2, 0.25) is 5.91 Å². The molecule has 0 fully saturated rings. The van der Waals surface area contributed by atoms with E-state index in [9.17, 15) is 14.4 Å². The molecule has 1 unspecified atom stereocenters. The molecule has 5 rings (SSSR count). The normalized spacial score (nSPS) is 11.8. The molecule has 0 heterocycles. The molecule has 0 bridgehead atoms. The van der Waals surface area contributed by atoms with Crippen LogP contribution in [0.2, 0.25) is 0 Å². The smallest absolute Gasteiger partial charge is 0.272 e. The molecule has 0 spiro atoms. The highest BCUT2D eigenvalue weighted by atomic mass is 32.2. The van der Waals surface area contributed by atoms with E-state index in [0.717, 1.165) is 38.4 Å². The van der Waals surface area contributed by atoms with Crippen molar-refractivity contribution in [3.8, 4) is 11.1 Å². The molecular formula is C40H37N3O3S. The van der Waals surface area contributed by atoms with Gasteiger partial charge in [0.15, 0.2) is 0 Å². The molecule has 6 nitrogen and oxygen atoms in total. The van der Waals surface area contributed by atoms with Crippen molar-refractivity contribution >= 4 is 46.9 Å². The molecule has 0 radical (unpaired) electrons. The third-order valence-electron chi connectivity index (χ3n) is 7.53. The van der Waals surface area contributed by atoms with Gasteiger partial charge in [-0.25, -0.2) is 0 Å². The average Bonchev–Trinajstić information content (AvgIpc) is 3.09. The molecule has 5 aromatic carbocycles. The van der Waals surface area contributed by atoms with Crippen molar-refractivity contribution in [1.82, 2.24) is 5.32 Å². The van der Waals surface area contributed by atoms with Crippen molar-refractivity contribution < 1.29 is 14.4 Å². The molecular weight excluding hydrogens is 603 g/mol. The Balaban J connectivity index is 1.33. The highest BCUT2D eigenvalue weighted by Crippen LogP contribution is 2.29. The third kappa shape index (κ3) is 9.08. The van der Waals surface area contributed by atoms with Crippen LogP contribution in [0.3, 0.4) is 0 Å². The largest absolute Gasteiger partial charge is 0.325 e. The SMILES string of the molecule is CCC(Sc1cccc(NC(=O)/C(=C\c2ccc(-c3ccccc3)cc2)NC(=O)c2ccccc2)c1)C(=O)Nc1ccc(C)cc1C. The summed E-state index contributed by atoms with van der Waals surface area (Å²) in [5.74, 6) is -0.938. The molecule has 0 aliphatic rings. The molecule has 3 amide bonds. The number of rotatable bonds is 11. The fourth-order valence-electron chi connectivity index (χ4n) is 5.01. The Bertz CT molecular complexity index is 1890. The number of anilines is 2. The van der Waals surface area contributed by atoms with Crippen molar-refractivity contribution in [3.63, 3.8) is 0 Å². The number of aryl methyl sites for hydroxylation is 2. The van der Waals surface area contributed by atoms with Crippen LogP contribution in [-0.4, -0.2) is 23.0 Å². The Morgan fingerprint density at radius 3 is 2.09 bits per heavy atom. The van der Waals surface area contributed by atoms with Crippen LogP contribution in [-0.2, 0) is 9.59 Å². The second kappa shape index (κ2) is 15.7. The molecule has 0 aromatic heterocycles. The van der Waals surface area contributed by atoms with Crippen molar-refractivity contribution in [3.05, 3.63) is 155 Å². The molecule has 236 valence electrons. The van der Waals surface area contributed by atoms with Crippen LogP contribution in [0.25, 0.3) is 17.2 Å². The van der Waals surface area contributed by atoms with Gasteiger partial charge in [0.05, 0.1) is 5.25 Å². The molecule has 0 saturated carbocycles. The predicted molar refractivity (Wildman–Crippen MR) is 193 cm³/mol. The molecule has 7 heteroatoms. The molecule has 3 N–H and O–H groups in total. The standard InChI is InChI=1S/C40H37N3O3S/c1-4-37(40(46)42-35-23-18-27(2)24-28(35)3)47-34-17-11-16-33(26-34)41-39(45)36(43-38(44)32-14-9-6-10-15-32)25-29-19-21-31(22-20-29)30-12-7-5-8-13-30/h5-26,37H,4H2,1-3H3,(H,41,45)(H,42,46)(H,43,44)/b36-25+. The van der Waals surface area contributed by atoms with E-state index in [1.54, 1.807) is 36.4 Å². The van der Waals surface area contributed by atoms with Crippen LogP contribution >= 0.6 is 11.8 Å². The zero-order valence-corrected chi connectivity index (χ0v) is 27.4. The Morgan fingerprint density at radius 1 is 0.723 bits per heavy atom. The minimum atomic E-state index is -0.469. The Labute approximate surface area is 280 Å². The van der Waals surface area contributed by atoms with E-state index in [1.807, 2.05) is 118 Å². The van der Waals surface area contributed by atoms with E-state index in [1.165, 1.54) is 11.8 Å². The van der Waals surface area contributed by atoms with Gasteiger partial charge in [-0.1, -0.05) is 103 Å². The predicted octanol–water partition coefficient (Wildman–Crippen LogP) is 8.89. The van der Waals surface area contributed by atoms with Crippen molar-refractivity contribution in [2.75, 3.05) is 10.6 Å². The van der Waals surface area contributed by atoms with Crippen molar-refractivity contribution in [2.24, 2.45) is 0 Å². The first-order chi connectivity index (χ1) is 22.8. The fourth-order valence-corrected chi connectivity index (χ4v) is 6.02. The second-order valence-electron chi connectivity index (χ2n) is 11.2. The number of carbonyl (C=O) groups is 3. The van der Waals surface area contributed by atoms with E-state index in [2.05, 4.69) is 16.0 Å². The van der Waals surface area contributed by atoms with Gasteiger partial charge in [0, 0.05) is 21.8 Å². The first kappa shape index (κ1) is 33.0. The summed E-state index contributed by atoms with van der Waals surface area (Å²) < 4.78 is 0. The highest BCUT2D eigenvalue weighted by Gasteiger charge is 2.20. The molecule has 0 saturated heterocycles. The lowest BCUT2D eigenvalue weighted by Crippen LogP contribution is -2.30. The fraction of sp³-hybridized carbons (Fsp3) is 0.125. The van der Waals surface area contributed by atoms with E-state index in [4.69, 9.17) is 0 Å². The van der Waals surface area contributed by atoms with Gasteiger partial charge in [-0.15, -0.1) is 11.8 Å². The van der Waals surface area contributed by atoms with Crippen LogP contribution in [0.15, 0.2) is 138 Å². The van der Waals surface area contributed by atoms with E-state index in [0.29, 0.717) is 17.7 Å². The molecule has 47 heavy (non-hydrogen) atoms. The Hall–Kier alpha value is -5.40. The molecule has 1 atom stereocenters. The quantitative estimate of drug-likeness (QED) is 0.0995. The molecule has 0 aliphatic heterocycles.